The van der Waals surface area contributed by atoms with Crippen LogP contribution in [-0.2, 0) is 0 Å². The molecule has 1 N–H and O–H groups in total. The summed E-state index contributed by atoms with van der Waals surface area (Å²) < 4.78 is 0. The van der Waals surface area contributed by atoms with Gasteiger partial charge in [0.1, 0.15) is 5.69 Å². The van der Waals surface area contributed by atoms with Gasteiger partial charge in [-0.15, -0.1) is 0 Å². The van der Waals surface area contributed by atoms with Crippen molar-refractivity contribution < 1.29 is 4.92 Å². The van der Waals surface area contributed by atoms with Crippen LogP contribution in [0.3, 0.4) is 0 Å². The number of halogens is 1. The van der Waals surface area contributed by atoms with E-state index in [1.165, 1.54) is 6.07 Å². The summed E-state index contributed by atoms with van der Waals surface area (Å²) in [5.41, 5.74) is 0.558. The number of nitrogens with one attached hydrogen (secondary N) is 1. The van der Waals surface area contributed by atoms with E-state index in [0.29, 0.717) is 10.7 Å². The summed E-state index contributed by atoms with van der Waals surface area (Å²) in [6, 6.07) is 4.92. The molecule has 0 saturated heterocycles. The Bertz CT molecular complexity index is 438. The van der Waals surface area contributed by atoms with Gasteiger partial charge < -0.3 is 5.32 Å². The van der Waals surface area contributed by atoms with Crippen molar-refractivity contribution in [2.45, 2.75) is 18.9 Å². The summed E-state index contributed by atoms with van der Waals surface area (Å²) in [6.07, 6.45) is 5.94. The van der Waals surface area contributed by atoms with Gasteiger partial charge in [0.15, 0.2) is 0 Å². The average Bonchev–Trinajstić information content (AvgIpc) is 2.73. The van der Waals surface area contributed by atoms with Gasteiger partial charge in [0.2, 0.25) is 0 Å². The fourth-order valence-corrected chi connectivity index (χ4v) is 1.90. The molecule has 0 heterocycles. The molecule has 0 bridgehead atoms. The second kappa shape index (κ2) is 4.53. The first-order chi connectivity index (χ1) is 7.66. The Balaban J connectivity index is 2.22. The third-order valence-corrected chi connectivity index (χ3v) is 2.76. The minimum atomic E-state index is -0.420. The molecule has 16 heavy (non-hydrogen) atoms. The van der Waals surface area contributed by atoms with Gasteiger partial charge in [0.25, 0.3) is 5.69 Å². The Morgan fingerprint density at radius 2 is 2.06 bits per heavy atom. The molecule has 0 fully saturated rings. The van der Waals surface area contributed by atoms with Gasteiger partial charge in [0.05, 0.1) is 4.92 Å². The highest BCUT2D eigenvalue weighted by atomic mass is 35.5. The topological polar surface area (TPSA) is 55.2 Å². The van der Waals surface area contributed by atoms with Gasteiger partial charge >= 0.3 is 0 Å². The minimum absolute atomic E-state index is 0.0272. The summed E-state index contributed by atoms with van der Waals surface area (Å²) in [7, 11) is 0. The fraction of sp³-hybridized carbons (Fsp3) is 0.273. The second-order valence-electron chi connectivity index (χ2n) is 3.70. The summed E-state index contributed by atoms with van der Waals surface area (Å²) in [6.45, 7) is 0. The number of benzene rings is 1. The van der Waals surface area contributed by atoms with Crippen molar-refractivity contribution in [2.75, 3.05) is 5.32 Å². The molecule has 0 amide bonds. The number of hydrogen-bond donors (Lipinski definition) is 1. The Hall–Kier alpha value is -1.55. The Morgan fingerprint density at radius 1 is 1.38 bits per heavy atom. The zero-order chi connectivity index (χ0) is 11.5. The van der Waals surface area contributed by atoms with Crippen molar-refractivity contribution in [3.05, 3.63) is 45.5 Å². The molecule has 0 aromatic heterocycles. The molecule has 84 valence electrons. The molecular formula is C11H11ClN2O2. The highest BCUT2D eigenvalue weighted by Gasteiger charge is 2.18. The number of nitro benzene ring substituents is 1. The molecule has 5 heteroatoms. The largest absolute Gasteiger partial charge is 0.376 e. The van der Waals surface area contributed by atoms with E-state index in [0.717, 1.165) is 12.8 Å². The summed E-state index contributed by atoms with van der Waals surface area (Å²) in [5.74, 6) is 0. The van der Waals surface area contributed by atoms with E-state index in [9.17, 15) is 10.1 Å². The zero-order valence-electron chi connectivity index (χ0n) is 8.52. The highest BCUT2D eigenvalue weighted by Crippen LogP contribution is 2.29. The van der Waals surface area contributed by atoms with E-state index in [4.69, 9.17) is 11.6 Å². The molecule has 4 nitrogen and oxygen atoms in total. The van der Waals surface area contributed by atoms with E-state index in [2.05, 4.69) is 17.5 Å². The van der Waals surface area contributed by atoms with Crippen molar-refractivity contribution in [2.24, 2.45) is 0 Å². The van der Waals surface area contributed by atoms with Crippen LogP contribution in [0.4, 0.5) is 11.4 Å². The molecule has 1 aromatic rings. The second-order valence-corrected chi connectivity index (χ2v) is 4.14. The summed E-state index contributed by atoms with van der Waals surface area (Å²) >= 11 is 5.73. The fourth-order valence-electron chi connectivity index (χ4n) is 1.73. The van der Waals surface area contributed by atoms with E-state index < -0.39 is 4.92 Å². The van der Waals surface area contributed by atoms with Crippen molar-refractivity contribution >= 4 is 23.0 Å². The number of nitrogens with zero attached hydrogens (tertiary/aromatic N) is 1. The Morgan fingerprint density at radius 3 is 2.69 bits per heavy atom. The van der Waals surface area contributed by atoms with Crippen molar-refractivity contribution in [1.82, 2.24) is 0 Å². The minimum Gasteiger partial charge on any atom is -0.376 e. The van der Waals surface area contributed by atoms with Crippen LogP contribution in [0.15, 0.2) is 30.4 Å². The Labute approximate surface area is 98.1 Å². The van der Waals surface area contributed by atoms with Gasteiger partial charge in [-0.05, 0) is 25.0 Å². The predicted molar refractivity (Wildman–Crippen MR) is 63.9 cm³/mol. The molecule has 0 saturated carbocycles. The number of hydrogen-bond acceptors (Lipinski definition) is 3. The van der Waals surface area contributed by atoms with E-state index in [1.807, 2.05) is 0 Å². The van der Waals surface area contributed by atoms with Crippen LogP contribution in [0, 0.1) is 10.1 Å². The van der Waals surface area contributed by atoms with Crippen LogP contribution < -0.4 is 5.32 Å². The molecule has 2 rings (SSSR count). The SMILES string of the molecule is O=[N+]([O-])c1cc(Cl)ccc1NC1CC=CC1. The molecule has 0 aliphatic heterocycles. The molecule has 1 aliphatic carbocycles. The van der Waals surface area contributed by atoms with Gasteiger partial charge in [0, 0.05) is 17.1 Å². The molecule has 0 unspecified atom stereocenters. The molecule has 1 aromatic carbocycles. The van der Waals surface area contributed by atoms with Gasteiger partial charge in [-0.3, -0.25) is 10.1 Å². The standard InChI is InChI=1S/C11H11ClN2O2/c12-8-5-6-10(11(7-8)14(15)16)13-9-3-1-2-4-9/h1-2,5-7,9,13H,3-4H2. The maximum atomic E-state index is 10.8. The average molecular weight is 239 g/mol. The molecule has 1 aliphatic rings. The Kier molecular flexibility index (Phi) is 3.10. The quantitative estimate of drug-likeness (QED) is 0.499. The van der Waals surface area contributed by atoms with Crippen molar-refractivity contribution in [3.8, 4) is 0 Å². The number of rotatable bonds is 3. The van der Waals surface area contributed by atoms with Gasteiger partial charge in [-0.1, -0.05) is 23.8 Å². The number of nitro groups is 1. The normalized spacial score (nSPS) is 15.3. The van der Waals surface area contributed by atoms with Crippen LogP contribution in [0.2, 0.25) is 5.02 Å². The van der Waals surface area contributed by atoms with Crippen LogP contribution in [-0.4, -0.2) is 11.0 Å². The van der Waals surface area contributed by atoms with Crippen molar-refractivity contribution in [1.29, 1.82) is 0 Å². The maximum Gasteiger partial charge on any atom is 0.293 e. The lowest BCUT2D eigenvalue weighted by molar-refractivity contribution is -0.384. The first-order valence-corrected chi connectivity index (χ1v) is 5.40. The van der Waals surface area contributed by atoms with E-state index >= 15 is 0 Å². The maximum absolute atomic E-state index is 10.8. The molecular weight excluding hydrogens is 228 g/mol. The van der Waals surface area contributed by atoms with Crippen LogP contribution in [0.5, 0.6) is 0 Å². The lowest BCUT2D eigenvalue weighted by Gasteiger charge is -2.13. The third-order valence-electron chi connectivity index (χ3n) is 2.52. The third kappa shape index (κ3) is 2.33. The number of anilines is 1. The molecule has 0 radical (unpaired) electrons. The first kappa shape index (κ1) is 11.0. The van der Waals surface area contributed by atoms with E-state index in [-0.39, 0.29) is 11.7 Å². The lowest BCUT2D eigenvalue weighted by Crippen LogP contribution is -2.15. The van der Waals surface area contributed by atoms with Gasteiger partial charge in [-0.25, -0.2) is 0 Å². The van der Waals surface area contributed by atoms with Crippen LogP contribution >= 0.6 is 11.6 Å². The van der Waals surface area contributed by atoms with Crippen molar-refractivity contribution in [3.63, 3.8) is 0 Å². The van der Waals surface area contributed by atoms with E-state index in [1.54, 1.807) is 12.1 Å². The highest BCUT2D eigenvalue weighted by molar-refractivity contribution is 6.30. The zero-order valence-corrected chi connectivity index (χ0v) is 9.28. The van der Waals surface area contributed by atoms with Crippen LogP contribution in [0.25, 0.3) is 0 Å². The summed E-state index contributed by atoms with van der Waals surface area (Å²) in [4.78, 5) is 10.4. The molecule has 0 spiro atoms. The lowest BCUT2D eigenvalue weighted by atomic mass is 10.2. The smallest absolute Gasteiger partial charge is 0.293 e. The molecule has 0 atom stereocenters. The summed E-state index contributed by atoms with van der Waals surface area (Å²) in [5, 5.41) is 14.4. The first-order valence-electron chi connectivity index (χ1n) is 5.02. The van der Waals surface area contributed by atoms with Gasteiger partial charge in [-0.2, -0.15) is 0 Å². The predicted octanol–water partition coefficient (Wildman–Crippen LogP) is 3.38. The van der Waals surface area contributed by atoms with Crippen LogP contribution in [0.1, 0.15) is 12.8 Å². The monoisotopic (exact) mass is 238 g/mol.